The van der Waals surface area contributed by atoms with Crippen LogP contribution >= 0.6 is 0 Å². The first-order valence-electron chi connectivity index (χ1n) is 10.5. The molecule has 2 atom stereocenters. The lowest BCUT2D eigenvalue weighted by Gasteiger charge is -2.39. The number of likely N-dealkylation sites (tertiary alicyclic amines) is 1. The predicted molar refractivity (Wildman–Crippen MR) is 112 cm³/mol. The number of nitrogens with zero attached hydrogens (tertiary/aromatic N) is 2. The minimum Gasteiger partial charge on any atom is -0.351 e. The fraction of sp³-hybridized carbons (Fsp3) is 0.667. The van der Waals surface area contributed by atoms with E-state index in [1.165, 1.54) is 5.56 Å². The second kappa shape index (κ2) is 9.85. The van der Waals surface area contributed by atoms with Crippen LogP contribution in [0.3, 0.4) is 0 Å². The summed E-state index contributed by atoms with van der Waals surface area (Å²) in [5.41, 5.74) is 1.32. The van der Waals surface area contributed by atoms with E-state index in [0.717, 1.165) is 45.4 Å². The second-order valence-corrected chi connectivity index (χ2v) is 10.4. The summed E-state index contributed by atoms with van der Waals surface area (Å²) >= 11 is 0. The third-order valence-corrected chi connectivity index (χ3v) is 7.47. The Balaban J connectivity index is 1.54. The number of benzene rings is 1. The van der Waals surface area contributed by atoms with Crippen molar-refractivity contribution < 1.29 is 13.2 Å². The van der Waals surface area contributed by atoms with Crippen LogP contribution in [-0.2, 0) is 21.2 Å². The Morgan fingerprint density at radius 2 is 2.04 bits per heavy atom. The van der Waals surface area contributed by atoms with Crippen LogP contribution in [0, 0.1) is 0 Å². The van der Waals surface area contributed by atoms with Crippen molar-refractivity contribution in [2.45, 2.75) is 51.2 Å². The number of carbonyl (C=O) groups is 1. The first kappa shape index (κ1) is 21.3. The maximum Gasteiger partial charge on any atom is 0.234 e. The third-order valence-electron chi connectivity index (χ3n) is 5.70. The SMILES string of the molecule is CCCN(CC(=O)NC1CCS(=O)(=O)C1)C1CCCN(Cc2ccccc2)C1. The minimum absolute atomic E-state index is 0.0456. The van der Waals surface area contributed by atoms with E-state index < -0.39 is 9.84 Å². The van der Waals surface area contributed by atoms with Gasteiger partial charge in [-0.25, -0.2) is 8.42 Å². The molecule has 28 heavy (non-hydrogen) atoms. The van der Waals surface area contributed by atoms with Crippen LogP contribution in [0.1, 0.15) is 38.2 Å². The molecule has 2 heterocycles. The van der Waals surface area contributed by atoms with Crippen molar-refractivity contribution in [3.63, 3.8) is 0 Å². The van der Waals surface area contributed by atoms with Gasteiger partial charge in [-0.15, -0.1) is 0 Å². The second-order valence-electron chi connectivity index (χ2n) is 8.15. The maximum atomic E-state index is 12.5. The lowest BCUT2D eigenvalue weighted by atomic mass is 10.0. The van der Waals surface area contributed by atoms with E-state index in [0.29, 0.717) is 19.0 Å². The van der Waals surface area contributed by atoms with E-state index in [4.69, 9.17) is 0 Å². The first-order valence-corrected chi connectivity index (χ1v) is 12.3. The van der Waals surface area contributed by atoms with Crippen LogP contribution < -0.4 is 5.32 Å². The van der Waals surface area contributed by atoms with Gasteiger partial charge in [-0.05, 0) is 44.3 Å². The summed E-state index contributed by atoms with van der Waals surface area (Å²) in [5, 5.41) is 2.94. The zero-order valence-corrected chi connectivity index (χ0v) is 17.7. The van der Waals surface area contributed by atoms with E-state index >= 15 is 0 Å². The summed E-state index contributed by atoms with van der Waals surface area (Å²) in [5.74, 6) is 0.227. The molecule has 1 amide bonds. The van der Waals surface area contributed by atoms with Crippen LogP contribution in [0.25, 0.3) is 0 Å². The summed E-state index contributed by atoms with van der Waals surface area (Å²) < 4.78 is 23.2. The van der Waals surface area contributed by atoms with Gasteiger partial charge in [-0.3, -0.25) is 14.6 Å². The molecule has 2 saturated heterocycles. The molecule has 1 aromatic rings. The Morgan fingerprint density at radius 1 is 1.25 bits per heavy atom. The largest absolute Gasteiger partial charge is 0.351 e. The highest BCUT2D eigenvalue weighted by Gasteiger charge is 2.30. The molecule has 7 heteroatoms. The number of hydrogen-bond donors (Lipinski definition) is 1. The molecule has 1 aromatic carbocycles. The van der Waals surface area contributed by atoms with E-state index in [2.05, 4.69) is 46.3 Å². The number of nitrogens with one attached hydrogen (secondary N) is 1. The van der Waals surface area contributed by atoms with Crippen LogP contribution in [0.2, 0.25) is 0 Å². The normalized spacial score (nSPS) is 25.1. The number of rotatable bonds is 8. The topological polar surface area (TPSA) is 69.7 Å². The fourth-order valence-electron chi connectivity index (χ4n) is 4.36. The fourth-order valence-corrected chi connectivity index (χ4v) is 6.03. The molecular formula is C21H33N3O3S. The van der Waals surface area contributed by atoms with E-state index in [1.54, 1.807) is 0 Å². The average Bonchev–Trinajstić information content (AvgIpc) is 3.00. The summed E-state index contributed by atoms with van der Waals surface area (Å²) in [7, 11) is -2.97. The van der Waals surface area contributed by atoms with Gasteiger partial charge in [0.05, 0.1) is 18.1 Å². The van der Waals surface area contributed by atoms with Gasteiger partial charge in [-0.1, -0.05) is 37.3 Å². The van der Waals surface area contributed by atoms with Crippen molar-refractivity contribution in [3.8, 4) is 0 Å². The van der Waals surface area contributed by atoms with Crippen LogP contribution in [-0.4, -0.2) is 73.9 Å². The van der Waals surface area contributed by atoms with Crippen LogP contribution in [0.15, 0.2) is 30.3 Å². The van der Waals surface area contributed by atoms with E-state index in [-0.39, 0.29) is 23.5 Å². The zero-order valence-electron chi connectivity index (χ0n) is 16.8. The molecule has 0 radical (unpaired) electrons. The number of hydrogen-bond acceptors (Lipinski definition) is 5. The molecular weight excluding hydrogens is 374 g/mol. The number of piperidine rings is 1. The monoisotopic (exact) mass is 407 g/mol. The highest BCUT2D eigenvalue weighted by Crippen LogP contribution is 2.19. The average molecular weight is 408 g/mol. The van der Waals surface area contributed by atoms with E-state index in [1.807, 2.05) is 6.07 Å². The zero-order chi connectivity index (χ0) is 20.0. The first-order chi connectivity index (χ1) is 13.4. The molecule has 0 aliphatic carbocycles. The molecule has 0 saturated carbocycles. The van der Waals surface area contributed by atoms with Crippen LogP contribution in [0.5, 0.6) is 0 Å². The summed E-state index contributed by atoms with van der Waals surface area (Å²) in [6.45, 7) is 6.40. The molecule has 0 spiro atoms. The van der Waals surface area contributed by atoms with Crippen molar-refractivity contribution >= 4 is 15.7 Å². The lowest BCUT2D eigenvalue weighted by Crippen LogP contribution is -2.51. The third kappa shape index (κ3) is 6.29. The Kier molecular flexibility index (Phi) is 7.48. The minimum atomic E-state index is -2.97. The van der Waals surface area contributed by atoms with Gasteiger partial charge in [0, 0.05) is 25.2 Å². The van der Waals surface area contributed by atoms with Gasteiger partial charge in [0.2, 0.25) is 5.91 Å². The van der Waals surface area contributed by atoms with Crippen molar-refractivity contribution in [3.05, 3.63) is 35.9 Å². The molecule has 6 nitrogen and oxygen atoms in total. The van der Waals surface area contributed by atoms with E-state index in [9.17, 15) is 13.2 Å². The Bertz CT molecular complexity index is 739. The molecule has 2 aliphatic heterocycles. The van der Waals surface area contributed by atoms with Gasteiger partial charge in [0.15, 0.2) is 9.84 Å². The molecule has 2 aliphatic rings. The molecule has 0 aromatic heterocycles. The smallest absolute Gasteiger partial charge is 0.234 e. The predicted octanol–water partition coefficient (Wildman–Crippen LogP) is 1.67. The molecule has 2 unspecified atom stereocenters. The Labute approximate surface area is 169 Å². The summed E-state index contributed by atoms with van der Waals surface area (Å²) in [6.07, 6.45) is 3.78. The summed E-state index contributed by atoms with van der Waals surface area (Å²) in [4.78, 5) is 17.3. The summed E-state index contributed by atoms with van der Waals surface area (Å²) in [6, 6.07) is 10.7. The molecule has 3 rings (SSSR count). The highest BCUT2D eigenvalue weighted by atomic mass is 32.2. The van der Waals surface area contributed by atoms with Gasteiger partial charge in [0.25, 0.3) is 0 Å². The van der Waals surface area contributed by atoms with Crippen molar-refractivity contribution in [2.75, 3.05) is 37.7 Å². The number of sulfone groups is 1. The van der Waals surface area contributed by atoms with Gasteiger partial charge in [-0.2, -0.15) is 0 Å². The van der Waals surface area contributed by atoms with Gasteiger partial charge in [0.1, 0.15) is 0 Å². The Hall–Kier alpha value is -1.44. The highest BCUT2D eigenvalue weighted by molar-refractivity contribution is 7.91. The number of carbonyl (C=O) groups excluding carboxylic acids is 1. The molecule has 1 N–H and O–H groups in total. The van der Waals surface area contributed by atoms with Gasteiger partial charge < -0.3 is 5.32 Å². The standard InChI is InChI=1S/C21H33N3O3S/c1-2-11-24(16-21(25)22-19-10-13-28(26,27)17-19)20-9-6-12-23(15-20)14-18-7-4-3-5-8-18/h3-5,7-8,19-20H,2,6,9-17H2,1H3,(H,22,25). The van der Waals surface area contributed by atoms with Crippen molar-refractivity contribution in [1.82, 2.24) is 15.1 Å². The lowest BCUT2D eigenvalue weighted by molar-refractivity contribution is -0.123. The molecule has 0 bridgehead atoms. The van der Waals surface area contributed by atoms with Crippen molar-refractivity contribution in [1.29, 1.82) is 0 Å². The number of amides is 1. The van der Waals surface area contributed by atoms with Gasteiger partial charge >= 0.3 is 0 Å². The van der Waals surface area contributed by atoms with Crippen molar-refractivity contribution in [2.24, 2.45) is 0 Å². The maximum absolute atomic E-state index is 12.5. The Morgan fingerprint density at radius 3 is 2.71 bits per heavy atom. The van der Waals surface area contributed by atoms with Crippen LogP contribution in [0.4, 0.5) is 0 Å². The quantitative estimate of drug-likeness (QED) is 0.710. The molecule has 156 valence electrons. The molecule has 2 fully saturated rings.